The van der Waals surface area contributed by atoms with Crippen molar-refractivity contribution in [3.8, 4) is 0 Å². The highest BCUT2D eigenvalue weighted by molar-refractivity contribution is 5.25. The van der Waals surface area contributed by atoms with Crippen molar-refractivity contribution in [2.75, 3.05) is 0 Å². The van der Waals surface area contributed by atoms with Crippen LogP contribution < -0.4 is 5.32 Å². The maximum atomic E-state index is 12.8. The number of benzene rings is 1. The SMILES string of the molecule is CC1CCCC(C)(c2ccc(F)cc2)N1. The molecule has 1 fully saturated rings. The molecule has 1 aliphatic rings. The van der Waals surface area contributed by atoms with E-state index in [4.69, 9.17) is 0 Å². The van der Waals surface area contributed by atoms with Crippen LogP contribution in [0.5, 0.6) is 0 Å². The van der Waals surface area contributed by atoms with E-state index in [-0.39, 0.29) is 11.4 Å². The van der Waals surface area contributed by atoms with Gasteiger partial charge in [-0.05, 0) is 50.8 Å². The molecule has 1 nitrogen and oxygen atoms in total. The molecule has 2 rings (SSSR count). The van der Waals surface area contributed by atoms with Crippen molar-refractivity contribution in [3.05, 3.63) is 35.6 Å². The molecule has 1 heterocycles. The van der Waals surface area contributed by atoms with Gasteiger partial charge in [0.05, 0.1) is 0 Å². The lowest BCUT2D eigenvalue weighted by atomic mass is 9.82. The summed E-state index contributed by atoms with van der Waals surface area (Å²) >= 11 is 0. The summed E-state index contributed by atoms with van der Waals surface area (Å²) in [5, 5.41) is 3.61. The maximum Gasteiger partial charge on any atom is 0.123 e. The second kappa shape index (κ2) is 3.93. The van der Waals surface area contributed by atoms with E-state index < -0.39 is 0 Å². The third kappa shape index (κ3) is 2.20. The highest BCUT2D eigenvalue weighted by atomic mass is 19.1. The molecule has 0 spiro atoms. The molecule has 1 aliphatic heterocycles. The van der Waals surface area contributed by atoms with Gasteiger partial charge in [0.15, 0.2) is 0 Å². The standard InChI is InChI=1S/C13H18FN/c1-10-4-3-9-13(2,15-10)11-5-7-12(14)8-6-11/h5-8,10,15H,3-4,9H2,1-2H3. The molecule has 2 atom stereocenters. The summed E-state index contributed by atoms with van der Waals surface area (Å²) in [5.41, 5.74) is 1.21. The first-order valence-corrected chi connectivity index (χ1v) is 5.64. The molecule has 1 N–H and O–H groups in total. The van der Waals surface area contributed by atoms with E-state index in [2.05, 4.69) is 19.2 Å². The summed E-state index contributed by atoms with van der Waals surface area (Å²) in [4.78, 5) is 0. The van der Waals surface area contributed by atoms with Gasteiger partial charge < -0.3 is 5.32 Å². The lowest BCUT2D eigenvalue weighted by molar-refractivity contribution is 0.236. The fraction of sp³-hybridized carbons (Fsp3) is 0.538. The number of rotatable bonds is 1. The predicted octanol–water partition coefficient (Wildman–Crippen LogP) is 3.20. The van der Waals surface area contributed by atoms with Crippen LogP contribution in [-0.2, 0) is 5.54 Å². The lowest BCUT2D eigenvalue weighted by Crippen LogP contribution is -2.48. The van der Waals surface area contributed by atoms with Crippen LogP contribution in [0.4, 0.5) is 4.39 Å². The molecule has 2 unspecified atom stereocenters. The van der Waals surface area contributed by atoms with Crippen molar-refractivity contribution in [3.63, 3.8) is 0 Å². The molecule has 82 valence electrons. The molecule has 0 aliphatic carbocycles. The molecule has 0 aromatic heterocycles. The third-order valence-corrected chi connectivity index (χ3v) is 3.36. The Morgan fingerprint density at radius 1 is 1.33 bits per heavy atom. The van der Waals surface area contributed by atoms with Gasteiger partial charge in [-0.2, -0.15) is 0 Å². The zero-order chi connectivity index (χ0) is 10.9. The summed E-state index contributed by atoms with van der Waals surface area (Å²) in [6.07, 6.45) is 3.60. The first-order chi connectivity index (χ1) is 7.10. The van der Waals surface area contributed by atoms with Gasteiger partial charge >= 0.3 is 0 Å². The van der Waals surface area contributed by atoms with Gasteiger partial charge in [-0.15, -0.1) is 0 Å². The molecule has 1 aromatic rings. The van der Waals surface area contributed by atoms with Gasteiger partial charge in [0.1, 0.15) is 5.82 Å². The number of nitrogens with one attached hydrogen (secondary N) is 1. The quantitative estimate of drug-likeness (QED) is 0.745. The zero-order valence-electron chi connectivity index (χ0n) is 9.39. The van der Waals surface area contributed by atoms with E-state index in [0.717, 1.165) is 6.42 Å². The average Bonchev–Trinajstić information content (AvgIpc) is 2.18. The Kier molecular flexibility index (Phi) is 2.79. The molecule has 1 saturated heterocycles. The third-order valence-electron chi connectivity index (χ3n) is 3.36. The van der Waals surface area contributed by atoms with Crippen LogP contribution in [0.25, 0.3) is 0 Å². The average molecular weight is 207 g/mol. The molecule has 0 bridgehead atoms. The highest BCUT2D eigenvalue weighted by Gasteiger charge is 2.30. The van der Waals surface area contributed by atoms with E-state index in [1.807, 2.05) is 12.1 Å². The molecular formula is C13H18FN. The zero-order valence-corrected chi connectivity index (χ0v) is 9.39. The topological polar surface area (TPSA) is 12.0 Å². The monoisotopic (exact) mass is 207 g/mol. The van der Waals surface area contributed by atoms with Gasteiger partial charge in [0.25, 0.3) is 0 Å². The number of piperidine rings is 1. The molecule has 0 saturated carbocycles. The molecule has 1 aromatic carbocycles. The van der Waals surface area contributed by atoms with E-state index >= 15 is 0 Å². The minimum Gasteiger partial charge on any atom is -0.305 e. The van der Waals surface area contributed by atoms with Crippen molar-refractivity contribution < 1.29 is 4.39 Å². The molecule has 0 amide bonds. The number of halogens is 1. The van der Waals surface area contributed by atoms with Gasteiger partial charge in [-0.1, -0.05) is 12.1 Å². The van der Waals surface area contributed by atoms with E-state index in [9.17, 15) is 4.39 Å². The summed E-state index contributed by atoms with van der Waals surface area (Å²) in [6.45, 7) is 4.41. The van der Waals surface area contributed by atoms with Crippen LogP contribution in [0.1, 0.15) is 38.7 Å². The molecular weight excluding hydrogens is 189 g/mol. The Morgan fingerprint density at radius 2 is 2.00 bits per heavy atom. The smallest absolute Gasteiger partial charge is 0.123 e. The van der Waals surface area contributed by atoms with Crippen LogP contribution in [0.3, 0.4) is 0 Å². The van der Waals surface area contributed by atoms with Crippen LogP contribution in [0.2, 0.25) is 0 Å². The van der Waals surface area contributed by atoms with Crippen molar-refractivity contribution in [1.29, 1.82) is 0 Å². The second-order valence-electron chi connectivity index (χ2n) is 4.78. The summed E-state index contributed by atoms with van der Waals surface area (Å²) in [6, 6.07) is 7.41. The maximum absolute atomic E-state index is 12.8. The molecule has 0 radical (unpaired) electrons. The molecule has 15 heavy (non-hydrogen) atoms. The Balaban J connectivity index is 2.24. The first-order valence-electron chi connectivity index (χ1n) is 5.64. The predicted molar refractivity (Wildman–Crippen MR) is 60.2 cm³/mol. The van der Waals surface area contributed by atoms with Crippen molar-refractivity contribution in [2.45, 2.75) is 44.7 Å². The summed E-state index contributed by atoms with van der Waals surface area (Å²) < 4.78 is 12.8. The van der Waals surface area contributed by atoms with Crippen LogP contribution >= 0.6 is 0 Å². The van der Waals surface area contributed by atoms with Gasteiger partial charge in [-0.3, -0.25) is 0 Å². The highest BCUT2D eigenvalue weighted by Crippen LogP contribution is 2.31. The van der Waals surface area contributed by atoms with E-state index in [1.54, 1.807) is 12.1 Å². The van der Waals surface area contributed by atoms with Gasteiger partial charge in [0.2, 0.25) is 0 Å². The lowest BCUT2D eigenvalue weighted by Gasteiger charge is -2.39. The Labute approximate surface area is 90.7 Å². The molecule has 2 heteroatoms. The minimum absolute atomic E-state index is 0.0192. The largest absolute Gasteiger partial charge is 0.305 e. The first kappa shape index (κ1) is 10.6. The van der Waals surface area contributed by atoms with Gasteiger partial charge in [-0.25, -0.2) is 4.39 Å². The number of hydrogen-bond acceptors (Lipinski definition) is 1. The normalized spacial score (nSPS) is 31.5. The van der Waals surface area contributed by atoms with E-state index in [0.29, 0.717) is 6.04 Å². The van der Waals surface area contributed by atoms with E-state index in [1.165, 1.54) is 18.4 Å². The second-order valence-corrected chi connectivity index (χ2v) is 4.78. The fourth-order valence-electron chi connectivity index (χ4n) is 2.50. The number of hydrogen-bond donors (Lipinski definition) is 1. The Hall–Kier alpha value is -0.890. The summed E-state index contributed by atoms with van der Waals surface area (Å²) in [5.74, 6) is -0.161. The van der Waals surface area contributed by atoms with Crippen LogP contribution in [0.15, 0.2) is 24.3 Å². The summed E-state index contributed by atoms with van der Waals surface area (Å²) in [7, 11) is 0. The Bertz CT molecular complexity index is 333. The van der Waals surface area contributed by atoms with Crippen LogP contribution in [-0.4, -0.2) is 6.04 Å². The van der Waals surface area contributed by atoms with Crippen molar-refractivity contribution >= 4 is 0 Å². The van der Waals surface area contributed by atoms with Crippen molar-refractivity contribution in [2.24, 2.45) is 0 Å². The minimum atomic E-state index is -0.161. The van der Waals surface area contributed by atoms with Gasteiger partial charge in [0, 0.05) is 11.6 Å². The van der Waals surface area contributed by atoms with Crippen molar-refractivity contribution in [1.82, 2.24) is 5.32 Å². The Morgan fingerprint density at radius 3 is 2.60 bits per heavy atom. The fourth-order valence-corrected chi connectivity index (χ4v) is 2.50. The van der Waals surface area contributed by atoms with Crippen LogP contribution in [0, 0.1) is 5.82 Å².